The van der Waals surface area contributed by atoms with Crippen LogP contribution in [-0.2, 0) is 16.1 Å². The highest BCUT2D eigenvalue weighted by molar-refractivity contribution is 7.10. The monoisotopic (exact) mass is 292 g/mol. The van der Waals surface area contributed by atoms with Crippen LogP contribution < -0.4 is 5.73 Å². The van der Waals surface area contributed by atoms with Gasteiger partial charge >= 0.3 is 0 Å². The summed E-state index contributed by atoms with van der Waals surface area (Å²) < 4.78 is 5.46. The van der Waals surface area contributed by atoms with Crippen molar-refractivity contribution in [1.29, 1.82) is 0 Å². The zero-order chi connectivity index (χ0) is 14.5. The molecule has 1 aromatic heterocycles. The highest BCUT2D eigenvalue weighted by atomic mass is 32.1. The van der Waals surface area contributed by atoms with Gasteiger partial charge in [-0.1, -0.05) is 11.8 Å². The van der Waals surface area contributed by atoms with Gasteiger partial charge in [0.25, 0.3) is 0 Å². The lowest BCUT2D eigenvalue weighted by atomic mass is 10.0. The summed E-state index contributed by atoms with van der Waals surface area (Å²) in [6, 6.07) is 2.02. The fraction of sp³-hybridized carbons (Fsp3) is 0.533. The van der Waals surface area contributed by atoms with Crippen molar-refractivity contribution in [3.63, 3.8) is 0 Å². The molecule has 2 N–H and O–H groups in total. The molecule has 1 amide bonds. The van der Waals surface area contributed by atoms with E-state index in [4.69, 9.17) is 10.5 Å². The van der Waals surface area contributed by atoms with E-state index in [0.29, 0.717) is 19.7 Å². The molecule has 1 aliphatic rings. The smallest absolute Gasteiger partial charge is 0.228 e. The fourth-order valence-electron chi connectivity index (χ4n) is 2.35. The predicted molar refractivity (Wildman–Crippen MR) is 80.2 cm³/mol. The SMILES string of the molecule is CC1OCCC1C(=O)N(C)Cc1csc(C#CCN)c1. The standard InChI is InChI=1S/C15H20N2O2S/c1-11-14(5-7-19-11)15(18)17(2)9-12-8-13(20-10-12)4-3-6-16/h8,10-11,14H,5-7,9,16H2,1-2H3. The summed E-state index contributed by atoms with van der Waals surface area (Å²) in [5.41, 5.74) is 6.46. The molecule has 1 aromatic rings. The van der Waals surface area contributed by atoms with Crippen LogP contribution in [0.25, 0.3) is 0 Å². The van der Waals surface area contributed by atoms with Gasteiger partial charge in [0.1, 0.15) is 0 Å². The number of rotatable bonds is 3. The zero-order valence-corrected chi connectivity index (χ0v) is 12.7. The third-order valence-electron chi connectivity index (χ3n) is 3.46. The molecule has 2 rings (SSSR count). The van der Waals surface area contributed by atoms with Crippen LogP contribution in [0.1, 0.15) is 23.8 Å². The fourth-order valence-corrected chi connectivity index (χ4v) is 3.12. The molecular formula is C15H20N2O2S. The largest absolute Gasteiger partial charge is 0.378 e. The van der Waals surface area contributed by atoms with Crippen LogP contribution >= 0.6 is 11.3 Å². The highest BCUT2D eigenvalue weighted by Gasteiger charge is 2.32. The molecule has 108 valence electrons. The third-order valence-corrected chi connectivity index (χ3v) is 4.35. The second-order valence-corrected chi connectivity index (χ2v) is 5.90. The van der Waals surface area contributed by atoms with E-state index in [2.05, 4.69) is 11.8 Å². The Morgan fingerprint density at radius 1 is 1.65 bits per heavy atom. The Kier molecular flexibility index (Phi) is 5.18. The Morgan fingerprint density at radius 3 is 3.10 bits per heavy atom. The van der Waals surface area contributed by atoms with Gasteiger partial charge in [-0.3, -0.25) is 4.79 Å². The maximum atomic E-state index is 12.3. The quantitative estimate of drug-likeness (QED) is 0.858. The predicted octanol–water partition coefficient (Wildman–Crippen LogP) is 1.44. The van der Waals surface area contributed by atoms with Gasteiger partial charge in [0.05, 0.1) is 23.4 Å². The minimum Gasteiger partial charge on any atom is -0.378 e. The summed E-state index contributed by atoms with van der Waals surface area (Å²) in [6.07, 6.45) is 0.847. The maximum absolute atomic E-state index is 12.3. The van der Waals surface area contributed by atoms with E-state index in [0.717, 1.165) is 16.9 Å². The van der Waals surface area contributed by atoms with Crippen molar-refractivity contribution in [1.82, 2.24) is 4.90 Å². The summed E-state index contributed by atoms with van der Waals surface area (Å²) in [6.45, 7) is 3.63. The van der Waals surface area contributed by atoms with E-state index < -0.39 is 0 Å². The van der Waals surface area contributed by atoms with Crippen molar-refractivity contribution >= 4 is 17.2 Å². The maximum Gasteiger partial charge on any atom is 0.228 e. The lowest BCUT2D eigenvalue weighted by Crippen LogP contribution is -2.35. The Labute approximate surface area is 123 Å². The lowest BCUT2D eigenvalue weighted by Gasteiger charge is -2.22. The zero-order valence-electron chi connectivity index (χ0n) is 11.9. The summed E-state index contributed by atoms with van der Waals surface area (Å²) >= 11 is 1.58. The average molecular weight is 292 g/mol. The number of hydrogen-bond acceptors (Lipinski definition) is 4. The first kappa shape index (κ1) is 15.0. The van der Waals surface area contributed by atoms with Crippen molar-refractivity contribution in [3.05, 3.63) is 21.9 Å². The van der Waals surface area contributed by atoms with Gasteiger partial charge in [-0.15, -0.1) is 11.3 Å². The molecule has 0 bridgehead atoms. The number of carbonyl (C=O) groups excluding carboxylic acids is 1. The van der Waals surface area contributed by atoms with Crippen LogP contribution in [-0.4, -0.2) is 37.1 Å². The molecular weight excluding hydrogens is 272 g/mol. The van der Waals surface area contributed by atoms with Gasteiger partial charge in [-0.25, -0.2) is 0 Å². The number of nitrogens with two attached hydrogens (primary N) is 1. The molecule has 0 aliphatic carbocycles. The lowest BCUT2D eigenvalue weighted by molar-refractivity contribution is -0.136. The van der Waals surface area contributed by atoms with Crippen LogP contribution in [0.4, 0.5) is 0 Å². The van der Waals surface area contributed by atoms with Crippen molar-refractivity contribution < 1.29 is 9.53 Å². The van der Waals surface area contributed by atoms with Crippen LogP contribution in [0.3, 0.4) is 0 Å². The average Bonchev–Trinajstić information content (AvgIpc) is 3.04. The molecule has 2 unspecified atom stereocenters. The van der Waals surface area contributed by atoms with Crippen molar-refractivity contribution in [2.45, 2.75) is 26.0 Å². The van der Waals surface area contributed by atoms with Crippen molar-refractivity contribution in [2.24, 2.45) is 11.7 Å². The molecule has 5 heteroatoms. The Balaban J connectivity index is 1.95. The van der Waals surface area contributed by atoms with Crippen molar-refractivity contribution in [3.8, 4) is 11.8 Å². The number of thiophene rings is 1. The molecule has 0 spiro atoms. The van der Waals surface area contributed by atoms with Crippen LogP contribution in [0, 0.1) is 17.8 Å². The van der Waals surface area contributed by atoms with Gasteiger partial charge in [0.15, 0.2) is 0 Å². The second kappa shape index (κ2) is 6.89. The first-order valence-electron chi connectivity index (χ1n) is 6.74. The normalized spacial score (nSPS) is 21.4. The Bertz CT molecular complexity index is 529. The van der Waals surface area contributed by atoms with Gasteiger partial charge < -0.3 is 15.4 Å². The van der Waals surface area contributed by atoms with E-state index in [1.165, 1.54) is 0 Å². The topological polar surface area (TPSA) is 55.6 Å². The number of ether oxygens (including phenoxy) is 1. The first-order valence-corrected chi connectivity index (χ1v) is 7.62. The van der Waals surface area contributed by atoms with Gasteiger partial charge in [-0.05, 0) is 30.4 Å². The molecule has 20 heavy (non-hydrogen) atoms. The Hall–Kier alpha value is -1.35. The molecule has 2 atom stereocenters. The van der Waals surface area contributed by atoms with Gasteiger partial charge in [-0.2, -0.15) is 0 Å². The van der Waals surface area contributed by atoms with Crippen LogP contribution in [0.2, 0.25) is 0 Å². The van der Waals surface area contributed by atoms with Crippen molar-refractivity contribution in [2.75, 3.05) is 20.2 Å². The molecule has 2 heterocycles. The summed E-state index contributed by atoms with van der Waals surface area (Å²) in [7, 11) is 1.84. The Morgan fingerprint density at radius 2 is 2.45 bits per heavy atom. The number of carbonyl (C=O) groups is 1. The van der Waals surface area contributed by atoms with E-state index in [-0.39, 0.29) is 17.9 Å². The molecule has 1 aliphatic heterocycles. The number of amides is 1. The molecule has 0 aromatic carbocycles. The molecule has 1 fully saturated rings. The van der Waals surface area contributed by atoms with E-state index in [1.807, 2.05) is 25.4 Å². The summed E-state index contributed by atoms with van der Waals surface area (Å²) in [5, 5.41) is 2.04. The summed E-state index contributed by atoms with van der Waals surface area (Å²) in [4.78, 5) is 15.1. The second-order valence-electron chi connectivity index (χ2n) is 4.99. The van der Waals surface area contributed by atoms with Crippen LogP contribution in [0.5, 0.6) is 0 Å². The number of nitrogens with zero attached hydrogens (tertiary/aromatic N) is 1. The summed E-state index contributed by atoms with van der Waals surface area (Å²) in [5.74, 6) is 6.00. The number of hydrogen-bond donors (Lipinski definition) is 1. The third kappa shape index (κ3) is 3.60. The first-order chi connectivity index (χ1) is 9.61. The highest BCUT2D eigenvalue weighted by Crippen LogP contribution is 2.23. The molecule has 1 saturated heterocycles. The van der Waals surface area contributed by atoms with E-state index in [9.17, 15) is 4.79 Å². The molecule has 0 saturated carbocycles. The van der Waals surface area contributed by atoms with Crippen LogP contribution in [0.15, 0.2) is 11.4 Å². The van der Waals surface area contributed by atoms with E-state index >= 15 is 0 Å². The molecule has 0 radical (unpaired) electrons. The minimum absolute atomic E-state index is 0.00450. The van der Waals surface area contributed by atoms with E-state index in [1.54, 1.807) is 16.2 Å². The minimum atomic E-state index is -0.00450. The van der Waals surface area contributed by atoms with Gasteiger partial charge in [0, 0.05) is 20.2 Å². The molecule has 4 nitrogen and oxygen atoms in total. The van der Waals surface area contributed by atoms with Gasteiger partial charge in [0.2, 0.25) is 5.91 Å².